The van der Waals surface area contributed by atoms with Crippen LogP contribution in [0.1, 0.15) is 20.8 Å². The van der Waals surface area contributed by atoms with Crippen molar-refractivity contribution < 1.29 is 4.79 Å². The fourth-order valence-electron chi connectivity index (χ4n) is 1.55. The maximum atomic E-state index is 11.0. The Bertz CT molecular complexity index is 160. The van der Waals surface area contributed by atoms with Crippen LogP contribution in [-0.4, -0.2) is 47.9 Å². The van der Waals surface area contributed by atoms with E-state index in [1.807, 2.05) is 4.90 Å². The Kier molecular flexibility index (Phi) is 3.09. The second kappa shape index (κ2) is 3.90. The van der Waals surface area contributed by atoms with Gasteiger partial charge < -0.3 is 4.90 Å². The Morgan fingerprint density at radius 2 is 1.67 bits per heavy atom. The quantitative estimate of drug-likeness (QED) is 0.574. The van der Waals surface area contributed by atoms with Gasteiger partial charge in [0, 0.05) is 39.1 Å². The number of nitrogens with zero attached hydrogens (tertiary/aromatic N) is 2. The van der Waals surface area contributed by atoms with Crippen molar-refractivity contribution in [1.82, 2.24) is 9.80 Å². The average Bonchev–Trinajstić information content (AvgIpc) is 2.04. The van der Waals surface area contributed by atoms with Gasteiger partial charge in [-0.2, -0.15) is 0 Å². The highest BCUT2D eigenvalue weighted by Crippen LogP contribution is 2.05. The molecule has 1 amide bonds. The molecule has 0 aromatic carbocycles. The van der Waals surface area contributed by atoms with Crippen molar-refractivity contribution in [3.05, 3.63) is 0 Å². The zero-order valence-electron chi connectivity index (χ0n) is 8.21. The molecule has 0 radical (unpaired) electrons. The second-order valence-electron chi connectivity index (χ2n) is 3.64. The Labute approximate surface area is 74.3 Å². The zero-order chi connectivity index (χ0) is 9.14. The molecule has 0 atom stereocenters. The van der Waals surface area contributed by atoms with Crippen LogP contribution in [0.25, 0.3) is 0 Å². The van der Waals surface area contributed by atoms with Crippen LogP contribution in [-0.2, 0) is 4.79 Å². The summed E-state index contributed by atoms with van der Waals surface area (Å²) in [7, 11) is 0. The van der Waals surface area contributed by atoms with Crippen LogP contribution in [0, 0.1) is 0 Å². The van der Waals surface area contributed by atoms with E-state index in [4.69, 9.17) is 0 Å². The van der Waals surface area contributed by atoms with E-state index >= 15 is 0 Å². The van der Waals surface area contributed by atoms with Crippen molar-refractivity contribution in [2.45, 2.75) is 26.8 Å². The Balaban J connectivity index is 2.34. The van der Waals surface area contributed by atoms with Gasteiger partial charge in [0.05, 0.1) is 0 Å². The number of rotatable bonds is 1. The summed E-state index contributed by atoms with van der Waals surface area (Å²) in [6, 6.07) is 0.610. The lowest BCUT2D eigenvalue weighted by Crippen LogP contribution is -2.50. The van der Waals surface area contributed by atoms with Gasteiger partial charge in [-0.25, -0.2) is 0 Å². The lowest BCUT2D eigenvalue weighted by atomic mass is 10.2. The molecule has 1 fully saturated rings. The van der Waals surface area contributed by atoms with E-state index in [1.165, 1.54) is 0 Å². The first-order valence-electron chi connectivity index (χ1n) is 4.61. The van der Waals surface area contributed by atoms with Crippen molar-refractivity contribution in [3.8, 4) is 0 Å². The van der Waals surface area contributed by atoms with Crippen LogP contribution in [0.4, 0.5) is 0 Å². The molecule has 1 aliphatic rings. The standard InChI is InChI=1S/C9H18N2O/c1-8(2)10-4-6-11(7-5-10)9(3)12/h8H,4-7H2,1-3H3. The van der Waals surface area contributed by atoms with Crippen molar-refractivity contribution >= 4 is 5.91 Å². The molecule has 70 valence electrons. The molecule has 1 saturated heterocycles. The highest BCUT2D eigenvalue weighted by atomic mass is 16.2. The maximum absolute atomic E-state index is 11.0. The van der Waals surface area contributed by atoms with Gasteiger partial charge in [-0.1, -0.05) is 0 Å². The summed E-state index contributed by atoms with van der Waals surface area (Å²) in [4.78, 5) is 15.3. The summed E-state index contributed by atoms with van der Waals surface area (Å²) in [6.45, 7) is 9.88. The molecule has 1 heterocycles. The summed E-state index contributed by atoms with van der Waals surface area (Å²) < 4.78 is 0. The summed E-state index contributed by atoms with van der Waals surface area (Å²) in [5.74, 6) is 0.207. The molecule has 3 nitrogen and oxygen atoms in total. The first kappa shape index (κ1) is 9.52. The molecule has 3 heteroatoms. The first-order chi connectivity index (χ1) is 5.61. The van der Waals surface area contributed by atoms with Crippen LogP contribution >= 0.6 is 0 Å². The van der Waals surface area contributed by atoms with Crippen LogP contribution < -0.4 is 0 Å². The lowest BCUT2D eigenvalue weighted by molar-refractivity contribution is -0.130. The Hall–Kier alpha value is -0.570. The highest BCUT2D eigenvalue weighted by Gasteiger charge is 2.19. The minimum absolute atomic E-state index is 0.207. The van der Waals surface area contributed by atoms with E-state index in [1.54, 1.807) is 6.92 Å². The monoisotopic (exact) mass is 170 g/mol. The number of hydrogen-bond donors (Lipinski definition) is 0. The fraction of sp³-hybridized carbons (Fsp3) is 0.889. The molecule has 0 saturated carbocycles. The molecule has 0 spiro atoms. The first-order valence-corrected chi connectivity index (χ1v) is 4.61. The van der Waals surface area contributed by atoms with Crippen molar-refractivity contribution in [3.63, 3.8) is 0 Å². The van der Waals surface area contributed by atoms with Gasteiger partial charge >= 0.3 is 0 Å². The minimum atomic E-state index is 0.207. The van der Waals surface area contributed by atoms with Crippen molar-refractivity contribution in [2.24, 2.45) is 0 Å². The number of carbonyl (C=O) groups is 1. The molecule has 0 N–H and O–H groups in total. The molecular formula is C9H18N2O. The lowest BCUT2D eigenvalue weighted by Gasteiger charge is -2.36. The summed E-state index contributed by atoms with van der Waals surface area (Å²) in [5, 5.41) is 0. The third-order valence-electron chi connectivity index (χ3n) is 2.49. The van der Waals surface area contributed by atoms with Gasteiger partial charge in [0.25, 0.3) is 0 Å². The van der Waals surface area contributed by atoms with Gasteiger partial charge in [-0.15, -0.1) is 0 Å². The summed E-state index contributed by atoms with van der Waals surface area (Å²) in [5.41, 5.74) is 0. The molecule has 1 aliphatic heterocycles. The molecule has 0 aromatic rings. The molecule has 1 rings (SSSR count). The SMILES string of the molecule is CC(=O)N1CCN(C(C)C)CC1. The predicted octanol–water partition coefficient (Wildman–Crippen LogP) is 0.559. The predicted molar refractivity (Wildman–Crippen MR) is 49.0 cm³/mol. The molecule has 0 aliphatic carbocycles. The Morgan fingerprint density at radius 1 is 1.17 bits per heavy atom. The third-order valence-corrected chi connectivity index (χ3v) is 2.49. The average molecular weight is 170 g/mol. The number of piperazine rings is 1. The second-order valence-corrected chi connectivity index (χ2v) is 3.64. The van der Waals surface area contributed by atoms with E-state index in [2.05, 4.69) is 18.7 Å². The largest absolute Gasteiger partial charge is 0.340 e. The maximum Gasteiger partial charge on any atom is 0.219 e. The van der Waals surface area contributed by atoms with Gasteiger partial charge in [0.1, 0.15) is 0 Å². The van der Waals surface area contributed by atoms with E-state index in [-0.39, 0.29) is 5.91 Å². The molecule has 0 bridgehead atoms. The number of amides is 1. The van der Waals surface area contributed by atoms with E-state index in [9.17, 15) is 4.79 Å². The molecular weight excluding hydrogens is 152 g/mol. The van der Waals surface area contributed by atoms with E-state index < -0.39 is 0 Å². The summed E-state index contributed by atoms with van der Waals surface area (Å²) in [6.07, 6.45) is 0. The van der Waals surface area contributed by atoms with Crippen LogP contribution in [0.15, 0.2) is 0 Å². The topological polar surface area (TPSA) is 23.6 Å². The Morgan fingerprint density at radius 3 is 2.00 bits per heavy atom. The van der Waals surface area contributed by atoms with Gasteiger partial charge in [0.15, 0.2) is 0 Å². The fourth-order valence-corrected chi connectivity index (χ4v) is 1.55. The van der Waals surface area contributed by atoms with Crippen LogP contribution in [0.2, 0.25) is 0 Å². The molecule has 0 aromatic heterocycles. The van der Waals surface area contributed by atoms with E-state index in [0.29, 0.717) is 6.04 Å². The van der Waals surface area contributed by atoms with E-state index in [0.717, 1.165) is 26.2 Å². The molecule has 0 unspecified atom stereocenters. The van der Waals surface area contributed by atoms with Gasteiger partial charge in [-0.3, -0.25) is 9.69 Å². The van der Waals surface area contributed by atoms with Crippen molar-refractivity contribution in [1.29, 1.82) is 0 Å². The van der Waals surface area contributed by atoms with Gasteiger partial charge in [-0.05, 0) is 13.8 Å². The van der Waals surface area contributed by atoms with Crippen LogP contribution in [0.5, 0.6) is 0 Å². The zero-order valence-corrected chi connectivity index (χ0v) is 8.21. The highest BCUT2D eigenvalue weighted by molar-refractivity contribution is 5.73. The minimum Gasteiger partial charge on any atom is -0.340 e. The summed E-state index contributed by atoms with van der Waals surface area (Å²) >= 11 is 0. The van der Waals surface area contributed by atoms with Crippen molar-refractivity contribution in [2.75, 3.05) is 26.2 Å². The normalized spacial score (nSPS) is 20.2. The number of hydrogen-bond acceptors (Lipinski definition) is 2. The third kappa shape index (κ3) is 2.21. The van der Waals surface area contributed by atoms with Crippen LogP contribution in [0.3, 0.4) is 0 Å². The van der Waals surface area contributed by atoms with Gasteiger partial charge in [0.2, 0.25) is 5.91 Å². The molecule has 12 heavy (non-hydrogen) atoms. The number of carbonyl (C=O) groups excluding carboxylic acids is 1. The smallest absolute Gasteiger partial charge is 0.219 e.